The third kappa shape index (κ3) is 1.94. The molecule has 2 atom stereocenters. The van der Waals surface area contributed by atoms with Crippen molar-refractivity contribution in [1.29, 1.82) is 0 Å². The van der Waals surface area contributed by atoms with E-state index >= 15 is 0 Å². The number of carboxylic acids is 1. The van der Waals surface area contributed by atoms with E-state index in [9.17, 15) is 9.59 Å². The van der Waals surface area contributed by atoms with Crippen molar-refractivity contribution in [2.45, 2.75) is 32.2 Å². The summed E-state index contributed by atoms with van der Waals surface area (Å²) in [6, 6.07) is 0. The third-order valence-electron chi connectivity index (χ3n) is 1.52. The molecular weight excluding hydrogens is 164 g/mol. The number of aliphatic carboxylic acids is 1. The van der Waals surface area contributed by atoms with Gasteiger partial charge >= 0.3 is 11.9 Å². The SMILES string of the molecule is CC[C@@H]1OC(=O)[C@H](CC(=O)O)O1. The van der Waals surface area contributed by atoms with E-state index in [0.717, 1.165) is 0 Å². The van der Waals surface area contributed by atoms with Gasteiger partial charge in [0.15, 0.2) is 6.10 Å². The minimum absolute atomic E-state index is 0.324. The monoisotopic (exact) mass is 174 g/mol. The maximum atomic E-state index is 10.9. The van der Waals surface area contributed by atoms with Crippen LogP contribution in [0.5, 0.6) is 0 Å². The number of rotatable bonds is 3. The fourth-order valence-corrected chi connectivity index (χ4v) is 0.942. The van der Waals surface area contributed by atoms with Crippen LogP contribution in [0, 0.1) is 0 Å². The highest BCUT2D eigenvalue weighted by molar-refractivity contribution is 5.82. The lowest BCUT2D eigenvalue weighted by Gasteiger charge is -2.03. The molecule has 0 saturated carbocycles. The molecule has 0 bridgehead atoms. The van der Waals surface area contributed by atoms with Crippen molar-refractivity contribution in [2.75, 3.05) is 0 Å². The zero-order chi connectivity index (χ0) is 9.14. The van der Waals surface area contributed by atoms with Crippen molar-refractivity contribution >= 4 is 11.9 Å². The third-order valence-corrected chi connectivity index (χ3v) is 1.52. The summed E-state index contributed by atoms with van der Waals surface area (Å²) in [5, 5.41) is 8.36. The Morgan fingerprint density at radius 3 is 2.75 bits per heavy atom. The number of carboxylic acid groups (broad SMARTS) is 1. The molecule has 1 saturated heterocycles. The zero-order valence-electron chi connectivity index (χ0n) is 6.65. The van der Waals surface area contributed by atoms with Gasteiger partial charge in [0.2, 0.25) is 6.29 Å². The minimum Gasteiger partial charge on any atom is -0.481 e. The molecule has 0 unspecified atom stereocenters. The van der Waals surface area contributed by atoms with E-state index in [1.807, 2.05) is 0 Å². The Morgan fingerprint density at radius 2 is 2.33 bits per heavy atom. The molecule has 1 aliphatic heterocycles. The molecule has 0 amide bonds. The Morgan fingerprint density at radius 1 is 1.67 bits per heavy atom. The second-order valence-corrected chi connectivity index (χ2v) is 2.50. The maximum absolute atomic E-state index is 10.9. The number of hydrogen-bond acceptors (Lipinski definition) is 4. The second kappa shape index (κ2) is 3.53. The summed E-state index contributed by atoms with van der Waals surface area (Å²) in [5.41, 5.74) is 0. The highest BCUT2D eigenvalue weighted by atomic mass is 16.8. The van der Waals surface area contributed by atoms with E-state index in [1.165, 1.54) is 0 Å². The Balaban J connectivity index is 2.46. The van der Waals surface area contributed by atoms with E-state index in [0.29, 0.717) is 6.42 Å². The van der Waals surface area contributed by atoms with Crippen LogP contribution in [0.4, 0.5) is 0 Å². The lowest BCUT2D eigenvalue weighted by molar-refractivity contribution is -0.146. The van der Waals surface area contributed by atoms with Gasteiger partial charge in [0.1, 0.15) is 0 Å². The largest absolute Gasteiger partial charge is 0.481 e. The van der Waals surface area contributed by atoms with Gasteiger partial charge in [-0.15, -0.1) is 0 Å². The zero-order valence-corrected chi connectivity index (χ0v) is 6.65. The van der Waals surface area contributed by atoms with Crippen molar-refractivity contribution in [3.05, 3.63) is 0 Å². The molecule has 0 radical (unpaired) electrons. The smallest absolute Gasteiger partial charge is 0.338 e. The van der Waals surface area contributed by atoms with Crippen molar-refractivity contribution in [2.24, 2.45) is 0 Å². The molecular formula is C7H10O5. The van der Waals surface area contributed by atoms with Crippen LogP contribution in [-0.2, 0) is 19.1 Å². The molecule has 0 aromatic rings. The van der Waals surface area contributed by atoms with E-state index < -0.39 is 24.3 Å². The number of ether oxygens (including phenoxy) is 2. The quantitative estimate of drug-likeness (QED) is 0.616. The molecule has 68 valence electrons. The molecule has 0 spiro atoms. The number of esters is 1. The van der Waals surface area contributed by atoms with Gasteiger partial charge in [-0.2, -0.15) is 0 Å². The molecule has 0 aromatic heterocycles. The summed E-state index contributed by atoms with van der Waals surface area (Å²) in [6.45, 7) is 1.79. The molecule has 1 aliphatic rings. The molecule has 0 aliphatic carbocycles. The van der Waals surface area contributed by atoms with Gasteiger partial charge in [0.05, 0.1) is 6.42 Å². The molecule has 1 N–H and O–H groups in total. The molecule has 5 nitrogen and oxygen atoms in total. The minimum atomic E-state index is -1.06. The normalized spacial score (nSPS) is 28.6. The Bertz CT molecular complexity index is 200. The van der Waals surface area contributed by atoms with Gasteiger partial charge in [-0.05, 0) is 0 Å². The van der Waals surface area contributed by atoms with Crippen LogP contribution in [0.1, 0.15) is 19.8 Å². The molecule has 12 heavy (non-hydrogen) atoms. The van der Waals surface area contributed by atoms with Crippen LogP contribution in [0.2, 0.25) is 0 Å². The first-order valence-electron chi connectivity index (χ1n) is 3.71. The Kier molecular flexibility index (Phi) is 2.65. The van der Waals surface area contributed by atoms with E-state index in [-0.39, 0.29) is 6.42 Å². The van der Waals surface area contributed by atoms with E-state index in [1.54, 1.807) is 6.92 Å². The maximum Gasteiger partial charge on any atom is 0.338 e. The number of hydrogen-bond donors (Lipinski definition) is 1. The second-order valence-electron chi connectivity index (χ2n) is 2.50. The van der Waals surface area contributed by atoms with Crippen molar-refractivity contribution in [1.82, 2.24) is 0 Å². The number of cyclic esters (lactones) is 1. The average Bonchev–Trinajstić information content (AvgIpc) is 2.31. The molecule has 1 heterocycles. The van der Waals surface area contributed by atoms with Crippen LogP contribution in [0.25, 0.3) is 0 Å². The van der Waals surface area contributed by atoms with Gasteiger partial charge in [-0.3, -0.25) is 4.79 Å². The van der Waals surface area contributed by atoms with Crippen LogP contribution < -0.4 is 0 Å². The van der Waals surface area contributed by atoms with Gasteiger partial charge in [0, 0.05) is 6.42 Å². The van der Waals surface area contributed by atoms with Crippen LogP contribution in [0.15, 0.2) is 0 Å². The lowest BCUT2D eigenvalue weighted by atomic mass is 10.3. The van der Waals surface area contributed by atoms with Crippen molar-refractivity contribution in [3.63, 3.8) is 0 Å². The predicted octanol–water partition coefficient (Wildman–Crippen LogP) is 0.139. The summed E-state index contributed by atoms with van der Waals surface area (Å²) in [6.07, 6.45) is -1.27. The van der Waals surface area contributed by atoms with Gasteiger partial charge in [0.25, 0.3) is 0 Å². The van der Waals surface area contributed by atoms with Crippen LogP contribution in [-0.4, -0.2) is 29.4 Å². The van der Waals surface area contributed by atoms with Crippen LogP contribution >= 0.6 is 0 Å². The van der Waals surface area contributed by atoms with Gasteiger partial charge in [-0.1, -0.05) is 6.92 Å². The highest BCUT2D eigenvalue weighted by Crippen LogP contribution is 2.17. The fraction of sp³-hybridized carbons (Fsp3) is 0.714. The van der Waals surface area contributed by atoms with E-state index in [2.05, 4.69) is 0 Å². The highest BCUT2D eigenvalue weighted by Gasteiger charge is 2.35. The first-order chi connectivity index (χ1) is 5.63. The van der Waals surface area contributed by atoms with Crippen LogP contribution in [0.3, 0.4) is 0 Å². The average molecular weight is 174 g/mol. The summed E-state index contributed by atoms with van der Waals surface area (Å²) >= 11 is 0. The number of carbonyl (C=O) groups is 2. The van der Waals surface area contributed by atoms with Gasteiger partial charge in [-0.25, -0.2) is 4.79 Å². The first-order valence-corrected chi connectivity index (χ1v) is 3.71. The number of carbonyl (C=O) groups excluding carboxylic acids is 1. The summed E-state index contributed by atoms with van der Waals surface area (Å²) < 4.78 is 9.68. The summed E-state index contributed by atoms with van der Waals surface area (Å²) in [4.78, 5) is 21.1. The Hall–Kier alpha value is -1.10. The van der Waals surface area contributed by atoms with E-state index in [4.69, 9.17) is 14.6 Å². The molecule has 5 heteroatoms. The van der Waals surface area contributed by atoms with Crippen molar-refractivity contribution < 1.29 is 24.2 Å². The topological polar surface area (TPSA) is 72.8 Å². The molecule has 1 rings (SSSR count). The summed E-state index contributed by atoms with van der Waals surface area (Å²) in [7, 11) is 0. The molecule has 0 aromatic carbocycles. The van der Waals surface area contributed by atoms with Crippen molar-refractivity contribution in [3.8, 4) is 0 Å². The Labute approximate surface area is 69.3 Å². The lowest BCUT2D eigenvalue weighted by Crippen LogP contribution is -2.20. The van der Waals surface area contributed by atoms with Gasteiger partial charge < -0.3 is 14.6 Å². The predicted molar refractivity (Wildman–Crippen MR) is 37.3 cm³/mol. The first kappa shape index (κ1) is 8.99. The standard InChI is InChI=1S/C7H10O5/c1-2-6-11-4(3-5(8)9)7(10)12-6/h4,6H,2-3H2,1H3,(H,8,9)/t4-,6-/m0/s1. The summed E-state index contributed by atoms with van der Waals surface area (Å²) in [5.74, 6) is -1.64. The molecule has 1 fully saturated rings. The fourth-order valence-electron chi connectivity index (χ4n) is 0.942.